The number of carbonyl (C=O) groups is 1. The molecule has 19 heavy (non-hydrogen) atoms. The van der Waals surface area contributed by atoms with Gasteiger partial charge in [-0.3, -0.25) is 14.9 Å². The third-order valence-electron chi connectivity index (χ3n) is 2.75. The standard InChI is InChI=1S/C11H14F3N3OS/c1-10(6-19-15,9(18)16-2)8-5-7(3-4-17-8)11(12,13)14/h3-5H,6,15H2,1-2H3,(H,16,18). The molecule has 1 aromatic rings. The molecular weight excluding hydrogens is 279 g/mol. The van der Waals surface area contributed by atoms with E-state index >= 15 is 0 Å². The Hall–Kier alpha value is -1.28. The molecule has 0 fully saturated rings. The van der Waals surface area contributed by atoms with Crippen LogP contribution < -0.4 is 10.5 Å². The molecule has 0 aliphatic heterocycles. The van der Waals surface area contributed by atoms with Gasteiger partial charge in [0.15, 0.2) is 0 Å². The molecule has 1 amide bonds. The highest BCUT2D eigenvalue weighted by Crippen LogP contribution is 2.32. The smallest absolute Gasteiger partial charge is 0.358 e. The molecule has 106 valence electrons. The second-order valence-corrected chi connectivity index (χ2v) is 4.77. The van der Waals surface area contributed by atoms with Crippen LogP contribution in [0.4, 0.5) is 13.2 Å². The number of hydrogen-bond donors (Lipinski definition) is 2. The average Bonchev–Trinajstić information content (AvgIpc) is 2.37. The van der Waals surface area contributed by atoms with Gasteiger partial charge < -0.3 is 5.32 Å². The van der Waals surface area contributed by atoms with Gasteiger partial charge >= 0.3 is 6.18 Å². The number of pyridine rings is 1. The van der Waals surface area contributed by atoms with Gasteiger partial charge in [0, 0.05) is 19.0 Å². The summed E-state index contributed by atoms with van der Waals surface area (Å²) in [5, 5.41) is 7.77. The van der Waals surface area contributed by atoms with Crippen molar-refractivity contribution >= 4 is 17.9 Å². The molecule has 1 unspecified atom stereocenters. The van der Waals surface area contributed by atoms with Crippen molar-refractivity contribution in [2.24, 2.45) is 5.14 Å². The van der Waals surface area contributed by atoms with E-state index in [0.717, 1.165) is 30.3 Å². The van der Waals surface area contributed by atoms with Crippen LogP contribution in [0.2, 0.25) is 0 Å². The number of alkyl halides is 3. The fourth-order valence-corrected chi connectivity index (χ4v) is 2.22. The molecule has 1 aromatic heterocycles. The number of nitrogens with one attached hydrogen (secondary N) is 1. The third-order valence-corrected chi connectivity index (χ3v) is 3.50. The maximum absolute atomic E-state index is 12.7. The van der Waals surface area contributed by atoms with Gasteiger partial charge in [-0.2, -0.15) is 13.2 Å². The lowest BCUT2D eigenvalue weighted by Gasteiger charge is -2.26. The number of rotatable bonds is 4. The Labute approximate surface area is 113 Å². The van der Waals surface area contributed by atoms with Gasteiger partial charge in [0.1, 0.15) is 0 Å². The van der Waals surface area contributed by atoms with Gasteiger partial charge in [0.05, 0.1) is 16.7 Å². The van der Waals surface area contributed by atoms with Crippen molar-refractivity contribution < 1.29 is 18.0 Å². The fourth-order valence-electron chi connectivity index (χ4n) is 1.61. The van der Waals surface area contributed by atoms with Gasteiger partial charge in [-0.25, -0.2) is 0 Å². The Bertz CT molecular complexity index is 467. The van der Waals surface area contributed by atoms with Gasteiger partial charge in [0.2, 0.25) is 5.91 Å². The normalized spacial score (nSPS) is 14.8. The molecule has 1 atom stereocenters. The summed E-state index contributed by atoms with van der Waals surface area (Å²) in [7, 11) is 1.41. The van der Waals surface area contributed by atoms with Gasteiger partial charge in [0.25, 0.3) is 0 Å². The van der Waals surface area contributed by atoms with E-state index in [0.29, 0.717) is 0 Å². The summed E-state index contributed by atoms with van der Waals surface area (Å²) >= 11 is 0.878. The first-order chi connectivity index (χ1) is 8.75. The van der Waals surface area contributed by atoms with Crippen LogP contribution in [0.3, 0.4) is 0 Å². The molecule has 0 bridgehead atoms. The molecule has 0 spiro atoms. The predicted molar refractivity (Wildman–Crippen MR) is 67.3 cm³/mol. The lowest BCUT2D eigenvalue weighted by atomic mass is 9.86. The SMILES string of the molecule is CNC(=O)C(C)(CSN)c1cc(C(F)(F)F)ccn1. The highest BCUT2D eigenvalue weighted by molar-refractivity contribution is 7.97. The second-order valence-electron chi connectivity index (χ2n) is 4.15. The third kappa shape index (κ3) is 3.38. The molecule has 8 heteroatoms. The second kappa shape index (κ2) is 5.79. The molecule has 0 saturated carbocycles. The van der Waals surface area contributed by atoms with E-state index in [4.69, 9.17) is 5.14 Å². The Morgan fingerprint density at radius 1 is 1.53 bits per heavy atom. The minimum atomic E-state index is -4.48. The minimum absolute atomic E-state index is 0.0413. The molecule has 0 aromatic carbocycles. The molecule has 1 rings (SSSR count). The number of aromatic nitrogens is 1. The first-order valence-electron chi connectivity index (χ1n) is 5.33. The average molecular weight is 293 g/mol. The summed E-state index contributed by atoms with van der Waals surface area (Å²) in [6, 6.07) is 1.74. The molecule has 1 heterocycles. The quantitative estimate of drug-likeness (QED) is 0.829. The molecule has 0 aliphatic carbocycles. The van der Waals surface area contributed by atoms with E-state index in [2.05, 4.69) is 10.3 Å². The van der Waals surface area contributed by atoms with Crippen molar-refractivity contribution in [3.05, 3.63) is 29.6 Å². The summed E-state index contributed by atoms with van der Waals surface area (Å²) in [5.74, 6) is -0.307. The Morgan fingerprint density at radius 2 is 2.16 bits per heavy atom. The van der Waals surface area contributed by atoms with E-state index in [1.807, 2.05) is 0 Å². The summed E-state index contributed by atoms with van der Waals surface area (Å²) in [6.07, 6.45) is -3.43. The van der Waals surface area contributed by atoms with Crippen molar-refractivity contribution in [2.75, 3.05) is 12.8 Å². The lowest BCUT2D eigenvalue weighted by Crippen LogP contribution is -2.43. The maximum atomic E-state index is 12.7. The number of likely N-dealkylation sites (N-methyl/N-ethyl adjacent to an activating group) is 1. The number of nitrogens with zero attached hydrogens (tertiary/aromatic N) is 1. The van der Waals surface area contributed by atoms with Crippen LogP contribution in [0.15, 0.2) is 18.3 Å². The van der Waals surface area contributed by atoms with E-state index in [1.54, 1.807) is 0 Å². The summed E-state index contributed by atoms with van der Waals surface area (Å²) in [6.45, 7) is 1.51. The number of amides is 1. The first kappa shape index (κ1) is 15.8. The van der Waals surface area contributed by atoms with Crippen LogP contribution >= 0.6 is 11.9 Å². The number of nitrogens with two attached hydrogens (primary N) is 1. The van der Waals surface area contributed by atoms with Gasteiger partial charge in [-0.05, 0) is 19.1 Å². The molecule has 0 saturated heterocycles. The largest absolute Gasteiger partial charge is 0.416 e. The van der Waals surface area contributed by atoms with Crippen molar-refractivity contribution in [1.82, 2.24) is 10.3 Å². The van der Waals surface area contributed by atoms with E-state index in [1.165, 1.54) is 14.0 Å². The Morgan fingerprint density at radius 3 is 2.63 bits per heavy atom. The topological polar surface area (TPSA) is 68.0 Å². The summed E-state index contributed by atoms with van der Waals surface area (Å²) < 4.78 is 38.0. The first-order valence-corrected chi connectivity index (χ1v) is 6.38. The Kier molecular flexibility index (Phi) is 4.81. The predicted octanol–water partition coefficient (Wildman–Crippen LogP) is 1.71. The molecule has 0 radical (unpaired) electrons. The zero-order chi connectivity index (χ0) is 14.7. The zero-order valence-electron chi connectivity index (χ0n) is 10.4. The molecule has 0 aliphatic rings. The minimum Gasteiger partial charge on any atom is -0.358 e. The number of hydrogen-bond acceptors (Lipinski definition) is 4. The monoisotopic (exact) mass is 293 g/mol. The van der Waals surface area contributed by atoms with Crippen LogP contribution in [-0.2, 0) is 16.4 Å². The summed E-state index contributed by atoms with van der Waals surface area (Å²) in [5.41, 5.74) is -2.01. The van der Waals surface area contributed by atoms with Crippen LogP contribution in [0.1, 0.15) is 18.2 Å². The Balaban J connectivity index is 3.28. The van der Waals surface area contributed by atoms with Crippen molar-refractivity contribution in [3.63, 3.8) is 0 Å². The van der Waals surface area contributed by atoms with Crippen LogP contribution in [-0.4, -0.2) is 23.7 Å². The van der Waals surface area contributed by atoms with E-state index in [-0.39, 0.29) is 11.4 Å². The van der Waals surface area contributed by atoms with Gasteiger partial charge in [-0.1, -0.05) is 11.9 Å². The molecule has 3 N–H and O–H groups in total. The highest BCUT2D eigenvalue weighted by atomic mass is 32.2. The van der Waals surface area contributed by atoms with Gasteiger partial charge in [-0.15, -0.1) is 0 Å². The summed E-state index contributed by atoms with van der Waals surface area (Å²) in [4.78, 5) is 15.8. The number of halogens is 3. The van der Waals surface area contributed by atoms with Crippen molar-refractivity contribution in [2.45, 2.75) is 18.5 Å². The zero-order valence-corrected chi connectivity index (χ0v) is 11.2. The van der Waals surface area contributed by atoms with Crippen LogP contribution in [0, 0.1) is 0 Å². The van der Waals surface area contributed by atoms with E-state index < -0.39 is 23.1 Å². The van der Waals surface area contributed by atoms with Crippen molar-refractivity contribution in [3.8, 4) is 0 Å². The van der Waals surface area contributed by atoms with Crippen LogP contribution in [0.25, 0.3) is 0 Å². The highest BCUT2D eigenvalue weighted by Gasteiger charge is 2.38. The molecular formula is C11H14F3N3OS. The lowest BCUT2D eigenvalue weighted by molar-refractivity contribution is -0.138. The van der Waals surface area contributed by atoms with Crippen molar-refractivity contribution in [1.29, 1.82) is 0 Å². The van der Waals surface area contributed by atoms with Crippen LogP contribution in [0.5, 0.6) is 0 Å². The maximum Gasteiger partial charge on any atom is 0.416 e. The molecule has 4 nitrogen and oxygen atoms in total. The fraction of sp³-hybridized carbons (Fsp3) is 0.455. The van der Waals surface area contributed by atoms with E-state index in [9.17, 15) is 18.0 Å². The number of carbonyl (C=O) groups excluding carboxylic acids is 1.